The van der Waals surface area contributed by atoms with E-state index in [1.165, 1.54) is 96.3 Å². The van der Waals surface area contributed by atoms with Crippen molar-refractivity contribution in [2.45, 2.75) is 174 Å². The third-order valence-electron chi connectivity index (χ3n) is 7.28. The number of carbonyl (C=O) groups is 2. The summed E-state index contributed by atoms with van der Waals surface area (Å²) in [5, 5.41) is 0. The van der Waals surface area contributed by atoms with E-state index in [0.717, 1.165) is 38.5 Å². The van der Waals surface area contributed by atoms with Crippen molar-refractivity contribution < 1.29 is 37.9 Å². The summed E-state index contributed by atoms with van der Waals surface area (Å²) >= 11 is 0. The van der Waals surface area contributed by atoms with Gasteiger partial charge in [-0.3, -0.25) is 14.1 Å². The van der Waals surface area contributed by atoms with Crippen LogP contribution < -0.4 is 0 Å². The third-order valence-corrected chi connectivity index (χ3v) is 7.77. The molecule has 0 spiro atoms. The van der Waals surface area contributed by atoms with Crippen LogP contribution in [-0.4, -0.2) is 41.0 Å². The Morgan fingerprint density at radius 2 is 1.02 bits per heavy atom. The van der Waals surface area contributed by atoms with Gasteiger partial charge in [-0.2, -0.15) is 0 Å². The van der Waals surface area contributed by atoms with Crippen LogP contribution in [-0.2, 0) is 28.2 Å². The Hall–Kier alpha value is -1.21. The van der Waals surface area contributed by atoms with Crippen LogP contribution in [0.15, 0.2) is 12.2 Å². The maximum Gasteiger partial charge on any atom is 0.469 e. The molecule has 0 bridgehead atoms. The Morgan fingerprint density at radius 1 is 0.595 bits per heavy atom. The minimum absolute atomic E-state index is 0.213. The molecule has 1 atom stereocenters. The molecule has 0 fully saturated rings. The fourth-order valence-corrected chi connectivity index (χ4v) is 5.07. The third kappa shape index (κ3) is 31.7. The quantitative estimate of drug-likeness (QED) is 0.0341. The number of hydrogen-bond acceptors (Lipinski definition) is 6. The highest BCUT2D eigenvalue weighted by molar-refractivity contribution is 7.46. The molecule has 42 heavy (non-hydrogen) atoms. The highest BCUT2D eigenvalue weighted by Gasteiger charge is 2.22. The van der Waals surface area contributed by atoms with Gasteiger partial charge in [0.2, 0.25) is 0 Å². The first-order valence-electron chi connectivity index (χ1n) is 17.0. The van der Waals surface area contributed by atoms with Gasteiger partial charge in [0, 0.05) is 12.8 Å². The number of esters is 2. The Bertz CT molecular complexity index is 706. The molecule has 0 saturated heterocycles. The van der Waals surface area contributed by atoms with Crippen LogP contribution in [0.25, 0.3) is 0 Å². The van der Waals surface area contributed by atoms with Crippen molar-refractivity contribution in [3.05, 3.63) is 12.2 Å². The molecule has 248 valence electrons. The van der Waals surface area contributed by atoms with Gasteiger partial charge < -0.3 is 19.3 Å². The molecule has 0 heterocycles. The molecule has 0 rings (SSSR count). The number of ether oxygens (including phenoxy) is 2. The molecule has 0 unspecified atom stereocenters. The molecule has 0 aliphatic heterocycles. The lowest BCUT2D eigenvalue weighted by molar-refractivity contribution is -0.161. The summed E-state index contributed by atoms with van der Waals surface area (Å²) in [6.07, 6.45) is 29.4. The van der Waals surface area contributed by atoms with E-state index in [2.05, 4.69) is 30.5 Å². The van der Waals surface area contributed by atoms with E-state index >= 15 is 0 Å². The first kappa shape index (κ1) is 40.8. The molecule has 0 amide bonds. The Labute approximate surface area is 257 Å². The summed E-state index contributed by atoms with van der Waals surface area (Å²) in [4.78, 5) is 42.4. The second-order valence-electron chi connectivity index (χ2n) is 11.5. The van der Waals surface area contributed by atoms with E-state index in [9.17, 15) is 14.2 Å². The molecule has 0 saturated carbocycles. The van der Waals surface area contributed by atoms with Gasteiger partial charge >= 0.3 is 19.8 Å². The second kappa shape index (κ2) is 29.8. The topological polar surface area (TPSA) is 119 Å². The van der Waals surface area contributed by atoms with Crippen molar-refractivity contribution in [1.82, 2.24) is 0 Å². The van der Waals surface area contributed by atoms with Gasteiger partial charge in [-0.05, 0) is 32.1 Å². The van der Waals surface area contributed by atoms with Crippen LogP contribution >= 0.6 is 7.82 Å². The minimum Gasteiger partial charge on any atom is -0.462 e. The Balaban J connectivity index is 3.97. The number of rotatable bonds is 31. The summed E-state index contributed by atoms with van der Waals surface area (Å²) < 4.78 is 26.2. The molecular weight excluding hydrogens is 555 g/mol. The van der Waals surface area contributed by atoms with Crippen LogP contribution in [0.1, 0.15) is 168 Å². The zero-order valence-corrected chi connectivity index (χ0v) is 27.8. The summed E-state index contributed by atoms with van der Waals surface area (Å²) in [7, 11) is -4.74. The summed E-state index contributed by atoms with van der Waals surface area (Å²) in [5.41, 5.74) is 0. The van der Waals surface area contributed by atoms with Crippen molar-refractivity contribution in [3.8, 4) is 0 Å². The highest BCUT2D eigenvalue weighted by Crippen LogP contribution is 2.36. The standard InChI is InChI=1S/C33H63O8P/c1-3-5-7-9-11-13-14-15-16-17-18-20-22-24-26-28-33(35)41-31(30-40-42(36,37)38)29-39-32(34)27-25-23-21-19-12-10-8-6-4-2/h9,11,31H,3-8,10,12-30H2,1-2H3,(H2,36,37,38)/b11-9+/t31-/m1/s1. The molecular formula is C33H63O8P. The smallest absolute Gasteiger partial charge is 0.462 e. The second-order valence-corrected chi connectivity index (χ2v) is 12.7. The van der Waals surface area contributed by atoms with Crippen LogP contribution in [0.4, 0.5) is 0 Å². The highest BCUT2D eigenvalue weighted by atomic mass is 31.2. The van der Waals surface area contributed by atoms with E-state index in [-0.39, 0.29) is 19.4 Å². The lowest BCUT2D eigenvalue weighted by Gasteiger charge is -2.18. The minimum atomic E-state index is -4.74. The Kier molecular flexibility index (Phi) is 29.0. The normalized spacial score (nSPS) is 12.6. The lowest BCUT2D eigenvalue weighted by atomic mass is 10.1. The first-order valence-corrected chi connectivity index (χ1v) is 18.5. The molecule has 0 aliphatic rings. The van der Waals surface area contributed by atoms with Crippen LogP contribution in [0.5, 0.6) is 0 Å². The molecule has 0 aromatic carbocycles. The van der Waals surface area contributed by atoms with E-state index in [1.807, 2.05) is 0 Å². The monoisotopic (exact) mass is 618 g/mol. The number of hydrogen-bond donors (Lipinski definition) is 2. The zero-order valence-electron chi connectivity index (χ0n) is 26.9. The van der Waals surface area contributed by atoms with E-state index < -0.39 is 32.5 Å². The maximum atomic E-state index is 12.3. The van der Waals surface area contributed by atoms with Gasteiger partial charge in [-0.15, -0.1) is 0 Å². The number of unbranched alkanes of at least 4 members (excludes halogenated alkanes) is 19. The average molecular weight is 619 g/mol. The largest absolute Gasteiger partial charge is 0.469 e. The van der Waals surface area contributed by atoms with Gasteiger partial charge in [-0.25, -0.2) is 4.57 Å². The molecule has 0 aromatic heterocycles. The molecule has 2 N–H and O–H groups in total. The maximum absolute atomic E-state index is 12.3. The van der Waals surface area contributed by atoms with Crippen LogP contribution in [0, 0.1) is 0 Å². The van der Waals surface area contributed by atoms with Gasteiger partial charge in [0.15, 0.2) is 6.10 Å². The van der Waals surface area contributed by atoms with Crippen molar-refractivity contribution in [3.63, 3.8) is 0 Å². The molecule has 0 radical (unpaired) electrons. The van der Waals surface area contributed by atoms with E-state index in [4.69, 9.17) is 19.3 Å². The van der Waals surface area contributed by atoms with Crippen molar-refractivity contribution >= 4 is 19.8 Å². The van der Waals surface area contributed by atoms with E-state index in [0.29, 0.717) is 6.42 Å². The number of carbonyl (C=O) groups excluding carboxylic acids is 2. The fourth-order valence-electron chi connectivity index (χ4n) is 4.71. The SMILES string of the molecule is CCCC/C=C/CCCCCCCCCCCC(=O)O[C@H](COC(=O)CCCCCCCCCCC)COP(=O)(O)O. The number of phosphoric ester groups is 1. The van der Waals surface area contributed by atoms with Crippen molar-refractivity contribution in [1.29, 1.82) is 0 Å². The summed E-state index contributed by atoms with van der Waals surface area (Å²) in [5.74, 6) is -0.887. The first-order chi connectivity index (χ1) is 20.3. The molecule has 0 aromatic rings. The fraction of sp³-hybridized carbons (Fsp3) is 0.879. The summed E-state index contributed by atoms with van der Waals surface area (Å²) in [6, 6.07) is 0. The van der Waals surface area contributed by atoms with E-state index in [1.54, 1.807) is 0 Å². The van der Waals surface area contributed by atoms with Crippen LogP contribution in [0.2, 0.25) is 0 Å². The van der Waals surface area contributed by atoms with Crippen molar-refractivity contribution in [2.75, 3.05) is 13.2 Å². The van der Waals surface area contributed by atoms with Gasteiger partial charge in [0.1, 0.15) is 6.61 Å². The van der Waals surface area contributed by atoms with Crippen molar-refractivity contribution in [2.24, 2.45) is 0 Å². The van der Waals surface area contributed by atoms with Gasteiger partial charge in [0.05, 0.1) is 6.61 Å². The Morgan fingerprint density at radius 3 is 1.52 bits per heavy atom. The van der Waals surface area contributed by atoms with Gasteiger partial charge in [-0.1, -0.05) is 135 Å². The predicted octanol–water partition coefficient (Wildman–Crippen LogP) is 9.51. The number of allylic oxidation sites excluding steroid dienone is 2. The van der Waals surface area contributed by atoms with Gasteiger partial charge in [0.25, 0.3) is 0 Å². The summed E-state index contributed by atoms with van der Waals surface area (Å²) in [6.45, 7) is 3.61. The number of phosphoric acid groups is 1. The van der Waals surface area contributed by atoms with Crippen LogP contribution in [0.3, 0.4) is 0 Å². The lowest BCUT2D eigenvalue weighted by Crippen LogP contribution is -2.29. The zero-order chi connectivity index (χ0) is 31.2. The molecule has 8 nitrogen and oxygen atoms in total. The predicted molar refractivity (Wildman–Crippen MR) is 170 cm³/mol. The molecule has 9 heteroatoms. The average Bonchev–Trinajstić information content (AvgIpc) is 2.95. The molecule has 0 aliphatic carbocycles.